The minimum Gasteiger partial charge on any atom is -0.444 e. The maximum Gasteiger partial charge on any atom is 0.419 e. The first kappa shape index (κ1) is 32.0. The second kappa shape index (κ2) is 12.0. The highest BCUT2D eigenvalue weighted by Crippen LogP contribution is 2.33. The maximum absolute atomic E-state index is 14.1. The average molecular weight is 617 g/mol. The Labute approximate surface area is 250 Å². The van der Waals surface area contributed by atoms with Crippen LogP contribution in [0.25, 0.3) is 22.0 Å². The molecule has 43 heavy (non-hydrogen) atoms. The number of nitrogens with zero attached hydrogens (tertiary/aromatic N) is 3. The first-order chi connectivity index (χ1) is 19.9. The van der Waals surface area contributed by atoms with Crippen LogP contribution in [-0.4, -0.2) is 84.2 Å². The van der Waals surface area contributed by atoms with E-state index in [-0.39, 0.29) is 43.5 Å². The molecule has 0 bridgehead atoms. The molecule has 1 fully saturated rings. The van der Waals surface area contributed by atoms with Crippen molar-refractivity contribution in [3.63, 3.8) is 0 Å². The summed E-state index contributed by atoms with van der Waals surface area (Å²) >= 11 is 0. The number of amides is 2. The molecule has 0 unspecified atom stereocenters. The molecule has 0 saturated carbocycles. The molecule has 13 heteroatoms. The number of sulfonamides is 1. The zero-order valence-corrected chi connectivity index (χ0v) is 26.0. The van der Waals surface area contributed by atoms with E-state index < -0.39 is 39.2 Å². The van der Waals surface area contributed by atoms with Crippen molar-refractivity contribution in [2.45, 2.75) is 57.6 Å². The van der Waals surface area contributed by atoms with Crippen molar-refractivity contribution in [3.05, 3.63) is 54.5 Å². The molecule has 2 heterocycles. The molecule has 1 aliphatic rings. The van der Waals surface area contributed by atoms with Gasteiger partial charge in [0.2, 0.25) is 15.9 Å². The quantitative estimate of drug-likeness (QED) is 0.429. The molecule has 4 rings (SSSR count). The van der Waals surface area contributed by atoms with Crippen LogP contribution in [0.2, 0.25) is 0 Å². The molecule has 232 valence electrons. The number of hydrogen-bond donors (Lipinski definition) is 1. The van der Waals surface area contributed by atoms with Crippen molar-refractivity contribution in [1.82, 2.24) is 19.1 Å². The van der Waals surface area contributed by atoms with Crippen molar-refractivity contribution < 1.29 is 36.7 Å². The maximum atomic E-state index is 14.1. The first-order valence-corrected chi connectivity index (χ1v) is 15.3. The Bertz CT molecular complexity index is 1640. The van der Waals surface area contributed by atoms with Gasteiger partial charge in [-0.15, -0.1) is 0 Å². The fraction of sp³-hybridized carbons (Fsp3) is 0.433. The van der Waals surface area contributed by atoms with Gasteiger partial charge < -0.3 is 19.7 Å². The minimum absolute atomic E-state index is 0.00557. The molecule has 1 aromatic heterocycles. The molecule has 0 radical (unpaired) electrons. The van der Waals surface area contributed by atoms with Gasteiger partial charge in [0.15, 0.2) is 0 Å². The summed E-state index contributed by atoms with van der Waals surface area (Å²) in [6.07, 6.45) is 0.279. The number of halogens is 1. The first-order valence-electron chi connectivity index (χ1n) is 13.8. The van der Waals surface area contributed by atoms with Gasteiger partial charge in [0.05, 0.1) is 17.0 Å². The van der Waals surface area contributed by atoms with Crippen LogP contribution < -0.4 is 5.32 Å². The number of carbonyl (C=O) groups is 3. The number of aromatic nitrogens is 1. The number of hydrogen-bond acceptors (Lipinski definition) is 7. The summed E-state index contributed by atoms with van der Waals surface area (Å²) in [4.78, 5) is 38.9. The number of ether oxygens (including phenoxy) is 2. The van der Waals surface area contributed by atoms with E-state index in [1.54, 1.807) is 59.7 Å². The molecule has 0 aliphatic carbocycles. The molecular weight excluding hydrogens is 579 g/mol. The average Bonchev–Trinajstić information content (AvgIpc) is 3.26. The van der Waals surface area contributed by atoms with Gasteiger partial charge >= 0.3 is 12.2 Å². The van der Waals surface area contributed by atoms with E-state index in [1.165, 1.54) is 39.9 Å². The third kappa shape index (κ3) is 7.71. The molecule has 1 saturated heterocycles. The van der Waals surface area contributed by atoms with Gasteiger partial charge in [-0.3, -0.25) is 9.36 Å². The molecule has 1 N–H and O–H groups in total. The number of alkyl carbamates (subject to hydrolysis) is 1. The largest absolute Gasteiger partial charge is 0.444 e. The molecule has 0 spiro atoms. The lowest BCUT2D eigenvalue weighted by atomic mass is 10.1. The fourth-order valence-electron chi connectivity index (χ4n) is 4.58. The van der Waals surface area contributed by atoms with E-state index in [0.717, 1.165) is 4.31 Å². The van der Waals surface area contributed by atoms with Crippen LogP contribution in [0.1, 0.15) is 41.5 Å². The van der Waals surface area contributed by atoms with Crippen LogP contribution in [0.4, 0.5) is 14.0 Å². The zero-order chi connectivity index (χ0) is 31.7. The molecule has 3 aromatic rings. The Morgan fingerprint density at radius 1 is 0.953 bits per heavy atom. The standard InChI is InChI=1S/C30H37FN4O7S/c1-29(2,3)41-27(37)32-13-14-33-15-16-34(19-26(33)36)43(39,40)22-10-7-20(8-11-22)24-18-35(28(38)42-30(4,5)6)25-17-21(31)9-12-23(24)25/h7-12,17-18H,13-16,19H2,1-6H3,(H,32,37). The van der Waals surface area contributed by atoms with Crippen LogP contribution in [-0.2, 0) is 24.3 Å². The van der Waals surface area contributed by atoms with E-state index in [4.69, 9.17) is 9.47 Å². The van der Waals surface area contributed by atoms with Crippen molar-refractivity contribution in [2.75, 3.05) is 32.7 Å². The Kier molecular flexibility index (Phi) is 8.89. The van der Waals surface area contributed by atoms with Crippen molar-refractivity contribution >= 4 is 39.0 Å². The molecule has 0 atom stereocenters. The number of piperazine rings is 1. The number of fused-ring (bicyclic) bond motifs is 1. The van der Waals surface area contributed by atoms with Gasteiger partial charge in [-0.1, -0.05) is 12.1 Å². The monoisotopic (exact) mass is 616 g/mol. The molecule has 2 aromatic carbocycles. The Hall–Kier alpha value is -3.97. The summed E-state index contributed by atoms with van der Waals surface area (Å²) < 4.78 is 53.9. The summed E-state index contributed by atoms with van der Waals surface area (Å²) in [5.41, 5.74) is 0.112. The third-order valence-corrected chi connectivity index (χ3v) is 8.35. The minimum atomic E-state index is -3.98. The van der Waals surface area contributed by atoms with E-state index in [0.29, 0.717) is 22.0 Å². The van der Waals surface area contributed by atoms with E-state index in [1.807, 2.05) is 0 Å². The topological polar surface area (TPSA) is 127 Å². The lowest BCUT2D eigenvalue weighted by molar-refractivity contribution is -0.134. The highest BCUT2D eigenvalue weighted by molar-refractivity contribution is 7.89. The summed E-state index contributed by atoms with van der Waals surface area (Å²) in [5, 5.41) is 3.18. The van der Waals surface area contributed by atoms with Crippen molar-refractivity contribution in [2.24, 2.45) is 0 Å². The Balaban J connectivity index is 1.47. The normalized spacial score (nSPS) is 15.0. The second-order valence-corrected chi connectivity index (χ2v) is 14.2. The Morgan fingerprint density at radius 3 is 2.21 bits per heavy atom. The molecular formula is C30H37FN4O7S. The summed E-state index contributed by atoms with van der Waals surface area (Å²) in [5.74, 6) is -0.892. The van der Waals surface area contributed by atoms with Crippen molar-refractivity contribution in [3.8, 4) is 11.1 Å². The SMILES string of the molecule is CC(C)(C)OC(=O)NCCN1CCN(S(=O)(=O)c2ccc(-c3cn(C(=O)OC(C)(C)C)c4cc(F)ccc34)cc2)CC1=O. The van der Waals surface area contributed by atoms with Gasteiger partial charge in [0, 0.05) is 43.3 Å². The van der Waals surface area contributed by atoms with Crippen LogP contribution in [0.5, 0.6) is 0 Å². The number of carbonyl (C=O) groups excluding carboxylic acids is 3. The predicted octanol–water partition coefficient (Wildman–Crippen LogP) is 4.59. The fourth-order valence-corrected chi connectivity index (χ4v) is 5.96. The number of rotatable bonds is 6. The van der Waals surface area contributed by atoms with Crippen LogP contribution in [0, 0.1) is 5.82 Å². The summed E-state index contributed by atoms with van der Waals surface area (Å²) in [6, 6.07) is 10.2. The lowest BCUT2D eigenvalue weighted by Gasteiger charge is -2.33. The van der Waals surface area contributed by atoms with E-state index in [2.05, 4.69) is 5.32 Å². The summed E-state index contributed by atoms with van der Waals surface area (Å²) in [7, 11) is -3.98. The van der Waals surface area contributed by atoms with Gasteiger partial charge in [-0.25, -0.2) is 22.4 Å². The number of nitrogens with one attached hydrogen (secondary N) is 1. The van der Waals surface area contributed by atoms with Gasteiger partial charge in [0.25, 0.3) is 0 Å². The predicted molar refractivity (Wildman–Crippen MR) is 159 cm³/mol. The highest BCUT2D eigenvalue weighted by atomic mass is 32.2. The number of benzene rings is 2. The lowest BCUT2D eigenvalue weighted by Crippen LogP contribution is -2.53. The van der Waals surface area contributed by atoms with Crippen LogP contribution in [0.15, 0.2) is 53.6 Å². The van der Waals surface area contributed by atoms with Crippen LogP contribution >= 0.6 is 0 Å². The third-order valence-electron chi connectivity index (χ3n) is 6.49. The van der Waals surface area contributed by atoms with Gasteiger partial charge in [-0.2, -0.15) is 4.31 Å². The van der Waals surface area contributed by atoms with E-state index >= 15 is 0 Å². The smallest absolute Gasteiger partial charge is 0.419 e. The zero-order valence-electron chi connectivity index (χ0n) is 25.1. The highest BCUT2D eigenvalue weighted by Gasteiger charge is 2.33. The Morgan fingerprint density at radius 2 is 1.60 bits per heavy atom. The molecule has 1 aliphatic heterocycles. The van der Waals surface area contributed by atoms with Gasteiger partial charge in [-0.05, 0) is 77.4 Å². The van der Waals surface area contributed by atoms with Gasteiger partial charge in [0.1, 0.15) is 17.0 Å². The van der Waals surface area contributed by atoms with Crippen LogP contribution in [0.3, 0.4) is 0 Å². The molecule has 11 nitrogen and oxygen atoms in total. The second-order valence-electron chi connectivity index (χ2n) is 12.2. The summed E-state index contributed by atoms with van der Waals surface area (Å²) in [6.45, 7) is 10.8. The van der Waals surface area contributed by atoms with Crippen molar-refractivity contribution in [1.29, 1.82) is 0 Å². The van der Waals surface area contributed by atoms with E-state index in [9.17, 15) is 27.2 Å². The molecule has 2 amide bonds.